The first kappa shape index (κ1) is 15.2. The van der Waals surface area contributed by atoms with Gasteiger partial charge >= 0.3 is 0 Å². The van der Waals surface area contributed by atoms with Crippen LogP contribution < -0.4 is 0 Å². The summed E-state index contributed by atoms with van der Waals surface area (Å²) in [5.74, 6) is -0.270. The second-order valence-electron chi connectivity index (χ2n) is 6.31. The number of hydrogen-bond acceptors (Lipinski definition) is 1. The fourth-order valence-electron chi connectivity index (χ4n) is 2.69. The molecular weight excluding hydrogens is 305 g/mol. The summed E-state index contributed by atoms with van der Waals surface area (Å²) < 4.78 is -1.53. The Morgan fingerprint density at radius 3 is 2.42 bits per heavy atom. The van der Waals surface area contributed by atoms with E-state index < -0.39 is 9.75 Å². The summed E-state index contributed by atoms with van der Waals surface area (Å²) in [6.07, 6.45) is 5.69. The molecule has 5 heteroatoms. The Balaban J connectivity index is 2.52. The van der Waals surface area contributed by atoms with E-state index in [0.29, 0.717) is 6.54 Å². The number of allylic oxidation sites excluding steroid dienone is 3. The first-order valence-corrected chi connectivity index (χ1v) is 7.43. The third kappa shape index (κ3) is 2.03. The molecule has 0 bridgehead atoms. The average Bonchev–Trinajstić information content (AvgIpc) is 2.47. The highest BCUT2D eigenvalue weighted by Gasteiger charge is 2.66. The molecule has 2 aliphatic rings. The van der Waals surface area contributed by atoms with Crippen molar-refractivity contribution in [3.05, 3.63) is 23.8 Å². The first-order chi connectivity index (χ1) is 8.54. The molecule has 0 aromatic carbocycles. The maximum Gasteiger partial charge on any atom is 0.260 e. The average molecular weight is 323 g/mol. The molecule has 1 amide bonds. The van der Waals surface area contributed by atoms with Gasteiger partial charge in [-0.05, 0) is 27.7 Å². The van der Waals surface area contributed by atoms with Crippen LogP contribution >= 0.6 is 34.8 Å². The Hall–Kier alpha value is -0.180. The number of nitrogens with zero attached hydrogens (tertiary/aromatic N) is 1. The lowest BCUT2D eigenvalue weighted by atomic mass is 9.76. The molecule has 0 aromatic heterocycles. The molecule has 1 saturated heterocycles. The summed E-state index contributed by atoms with van der Waals surface area (Å²) in [6.45, 7) is 8.25. The molecule has 2 atom stereocenters. The van der Waals surface area contributed by atoms with Crippen molar-refractivity contribution in [1.29, 1.82) is 0 Å². The number of halogens is 3. The van der Waals surface area contributed by atoms with Gasteiger partial charge < -0.3 is 4.90 Å². The predicted octanol–water partition coefficient (Wildman–Crippen LogP) is 3.91. The lowest BCUT2D eigenvalue weighted by molar-refractivity contribution is -0.132. The van der Waals surface area contributed by atoms with Gasteiger partial charge in [0.1, 0.15) is 0 Å². The molecule has 1 aliphatic heterocycles. The van der Waals surface area contributed by atoms with Crippen LogP contribution in [0, 0.1) is 5.41 Å². The molecule has 1 spiro atoms. The van der Waals surface area contributed by atoms with Crippen molar-refractivity contribution in [2.75, 3.05) is 6.54 Å². The van der Waals surface area contributed by atoms with E-state index in [1.54, 1.807) is 4.90 Å². The topological polar surface area (TPSA) is 20.3 Å². The highest BCUT2D eigenvalue weighted by atomic mass is 35.5. The van der Waals surface area contributed by atoms with Gasteiger partial charge in [0.2, 0.25) is 4.33 Å². The van der Waals surface area contributed by atoms with Crippen molar-refractivity contribution in [1.82, 2.24) is 4.90 Å². The fourth-order valence-corrected chi connectivity index (χ4v) is 3.84. The smallest absolute Gasteiger partial charge is 0.260 e. The van der Waals surface area contributed by atoms with Crippen molar-refractivity contribution >= 4 is 40.7 Å². The van der Waals surface area contributed by atoms with E-state index in [1.165, 1.54) is 0 Å². The van der Waals surface area contributed by atoms with E-state index in [9.17, 15) is 4.79 Å². The van der Waals surface area contributed by atoms with Crippen LogP contribution in [0.4, 0.5) is 0 Å². The maximum absolute atomic E-state index is 12.5. The summed E-state index contributed by atoms with van der Waals surface area (Å²) in [7, 11) is 0. The van der Waals surface area contributed by atoms with Gasteiger partial charge in [0.15, 0.2) is 0 Å². The minimum atomic E-state index is -1.53. The number of carbonyl (C=O) groups is 1. The van der Waals surface area contributed by atoms with Crippen molar-refractivity contribution in [3.63, 3.8) is 0 Å². The van der Waals surface area contributed by atoms with Gasteiger partial charge in [0.05, 0.1) is 10.8 Å². The van der Waals surface area contributed by atoms with E-state index in [4.69, 9.17) is 34.8 Å². The second-order valence-corrected chi connectivity index (χ2v) is 8.07. The number of alkyl halides is 3. The Morgan fingerprint density at radius 1 is 1.37 bits per heavy atom. The Labute approximate surface area is 129 Å². The van der Waals surface area contributed by atoms with Gasteiger partial charge in [-0.3, -0.25) is 4.79 Å². The molecule has 1 fully saturated rings. The number of rotatable bonds is 0. The molecule has 2 rings (SSSR count). The standard InChI is InChI=1S/C14H18Cl3NO/c1-9-6-5-7-13(10(9)15)8-18(12(2,3)4)11(19)14(13,16)17/h5-7,10H,8H2,1-4H3/t10-,13?/m0/s1. The Kier molecular flexibility index (Phi) is 3.53. The highest BCUT2D eigenvalue weighted by Crippen LogP contribution is 2.56. The summed E-state index contributed by atoms with van der Waals surface area (Å²) in [5, 5.41) is -0.385. The van der Waals surface area contributed by atoms with E-state index in [-0.39, 0.29) is 16.8 Å². The van der Waals surface area contributed by atoms with Crippen LogP contribution in [0.25, 0.3) is 0 Å². The van der Waals surface area contributed by atoms with E-state index >= 15 is 0 Å². The highest BCUT2D eigenvalue weighted by molar-refractivity contribution is 6.59. The van der Waals surface area contributed by atoms with Crippen molar-refractivity contribution in [3.8, 4) is 0 Å². The SMILES string of the molecule is CC1=CC=CC2(CN(C(C)(C)C)C(=O)C2(Cl)Cl)[C@H]1Cl. The molecule has 0 aromatic rings. The largest absolute Gasteiger partial charge is 0.334 e. The molecule has 2 nitrogen and oxygen atoms in total. The quantitative estimate of drug-likeness (QED) is 0.619. The molecule has 1 unspecified atom stereocenters. The van der Waals surface area contributed by atoms with Crippen LogP contribution in [0.5, 0.6) is 0 Å². The molecular formula is C14H18Cl3NO. The lowest BCUT2D eigenvalue weighted by Gasteiger charge is -2.39. The summed E-state index contributed by atoms with van der Waals surface area (Å²) >= 11 is 19.4. The predicted molar refractivity (Wildman–Crippen MR) is 80.9 cm³/mol. The molecule has 0 N–H and O–H groups in total. The van der Waals surface area contributed by atoms with E-state index in [0.717, 1.165) is 5.57 Å². The maximum atomic E-state index is 12.5. The lowest BCUT2D eigenvalue weighted by Crippen LogP contribution is -2.47. The van der Waals surface area contributed by atoms with Gasteiger partial charge in [-0.25, -0.2) is 0 Å². The third-order valence-corrected chi connectivity index (χ3v) is 5.69. The second kappa shape index (κ2) is 4.41. The van der Waals surface area contributed by atoms with Crippen molar-refractivity contribution in [2.45, 2.75) is 42.9 Å². The van der Waals surface area contributed by atoms with E-state index in [1.807, 2.05) is 45.9 Å². The van der Waals surface area contributed by atoms with Gasteiger partial charge in [0.25, 0.3) is 5.91 Å². The van der Waals surface area contributed by atoms with Crippen molar-refractivity contribution < 1.29 is 4.79 Å². The zero-order chi connectivity index (χ0) is 14.6. The Bertz CT molecular complexity index is 476. The molecule has 0 saturated carbocycles. The van der Waals surface area contributed by atoms with Gasteiger partial charge in [0, 0.05) is 12.1 Å². The number of hydrogen-bond donors (Lipinski definition) is 0. The van der Waals surface area contributed by atoms with Crippen LogP contribution in [-0.4, -0.2) is 32.6 Å². The first-order valence-electron chi connectivity index (χ1n) is 6.24. The van der Waals surface area contributed by atoms with Crippen LogP contribution in [0.2, 0.25) is 0 Å². The van der Waals surface area contributed by atoms with Crippen LogP contribution in [0.1, 0.15) is 27.7 Å². The van der Waals surface area contributed by atoms with Gasteiger partial charge in [-0.15, -0.1) is 11.6 Å². The minimum absolute atomic E-state index is 0.270. The van der Waals surface area contributed by atoms with Crippen molar-refractivity contribution in [2.24, 2.45) is 5.41 Å². The van der Waals surface area contributed by atoms with Crippen LogP contribution in [0.15, 0.2) is 23.8 Å². The summed E-state index contributed by atoms with van der Waals surface area (Å²) in [5.41, 5.74) is -0.144. The molecule has 1 aliphatic carbocycles. The number of amides is 1. The minimum Gasteiger partial charge on any atom is -0.334 e. The monoisotopic (exact) mass is 321 g/mol. The molecule has 19 heavy (non-hydrogen) atoms. The summed E-state index contributed by atoms with van der Waals surface area (Å²) in [4.78, 5) is 14.3. The summed E-state index contributed by atoms with van der Waals surface area (Å²) in [6, 6.07) is 0. The zero-order valence-corrected chi connectivity index (χ0v) is 13.8. The normalized spacial score (nSPS) is 34.1. The van der Waals surface area contributed by atoms with Gasteiger partial charge in [-0.2, -0.15) is 0 Å². The zero-order valence-electron chi connectivity index (χ0n) is 11.5. The third-order valence-electron chi connectivity index (χ3n) is 3.93. The Morgan fingerprint density at radius 2 is 1.95 bits per heavy atom. The number of likely N-dealkylation sites (tertiary alicyclic amines) is 1. The molecule has 1 heterocycles. The van der Waals surface area contributed by atoms with Crippen LogP contribution in [-0.2, 0) is 4.79 Å². The molecule has 106 valence electrons. The molecule has 0 radical (unpaired) electrons. The van der Waals surface area contributed by atoms with Crippen LogP contribution in [0.3, 0.4) is 0 Å². The fraction of sp³-hybridized carbons (Fsp3) is 0.643. The van der Waals surface area contributed by atoms with Gasteiger partial charge in [-0.1, -0.05) is 47.0 Å². The number of carbonyl (C=O) groups excluding carboxylic acids is 1. The van der Waals surface area contributed by atoms with E-state index in [2.05, 4.69) is 0 Å².